The zero-order valence-electron chi connectivity index (χ0n) is 24.7. The second-order valence-corrected chi connectivity index (χ2v) is 14.6. The summed E-state index contributed by atoms with van der Waals surface area (Å²) in [6.45, 7) is 12.5. The maximum Gasteiger partial charge on any atom is 0.495 e. The smallest absolute Gasteiger partial charge is 0.464 e. The third-order valence-electron chi connectivity index (χ3n) is 9.19. The van der Waals surface area contributed by atoms with Gasteiger partial charge in [0.2, 0.25) is 6.23 Å². The number of benzene rings is 2. The van der Waals surface area contributed by atoms with Crippen molar-refractivity contribution in [1.82, 2.24) is 9.55 Å². The highest BCUT2D eigenvalue weighted by Crippen LogP contribution is 2.48. The minimum absolute atomic E-state index is 0.346. The van der Waals surface area contributed by atoms with Crippen LogP contribution in [0.3, 0.4) is 0 Å². The molecule has 7 nitrogen and oxygen atoms in total. The number of ether oxygens (including phenoxy) is 1. The zero-order chi connectivity index (χ0) is 29.2. The number of aromatic nitrogens is 2. The second-order valence-electron chi connectivity index (χ2n) is 13.5. The molecule has 11 heteroatoms. The lowest BCUT2D eigenvalue weighted by Gasteiger charge is -2.32. The first-order chi connectivity index (χ1) is 19.9. The number of thiazole rings is 1. The molecule has 2 saturated heterocycles. The van der Waals surface area contributed by atoms with Crippen LogP contribution in [0.4, 0.5) is 4.39 Å². The molecular formula is C31H33B2FN2O5S. The van der Waals surface area contributed by atoms with Crippen molar-refractivity contribution in [2.24, 2.45) is 0 Å². The van der Waals surface area contributed by atoms with E-state index in [0.717, 1.165) is 31.9 Å². The van der Waals surface area contributed by atoms with Crippen LogP contribution in [-0.4, -0.2) is 47.2 Å². The summed E-state index contributed by atoms with van der Waals surface area (Å²) in [6, 6.07) is 11.6. The molecule has 1 saturated carbocycles. The van der Waals surface area contributed by atoms with Crippen LogP contribution < -0.4 is 15.7 Å². The van der Waals surface area contributed by atoms with Crippen molar-refractivity contribution < 1.29 is 27.7 Å². The number of hydrogen-bond donors (Lipinski definition) is 0. The van der Waals surface area contributed by atoms with E-state index in [1.54, 1.807) is 11.3 Å². The zero-order valence-corrected chi connectivity index (χ0v) is 25.5. The first-order valence-electron chi connectivity index (χ1n) is 14.7. The molecule has 1 atom stereocenters. The Labute approximate surface area is 249 Å². The number of rotatable bonds is 4. The van der Waals surface area contributed by atoms with Crippen LogP contribution in [0.5, 0.6) is 5.75 Å². The molecule has 2 aromatic carbocycles. The fourth-order valence-electron chi connectivity index (χ4n) is 6.00. The first-order valence-corrected chi connectivity index (χ1v) is 15.5. The molecule has 0 amide bonds. The summed E-state index contributed by atoms with van der Waals surface area (Å²) < 4.78 is 49.6. The summed E-state index contributed by atoms with van der Waals surface area (Å²) in [6.07, 6.45) is 3.76. The van der Waals surface area contributed by atoms with Gasteiger partial charge in [-0.2, -0.15) is 0 Å². The van der Waals surface area contributed by atoms with Crippen molar-refractivity contribution >= 4 is 47.4 Å². The maximum absolute atomic E-state index is 16.2. The average Bonchev–Trinajstić information content (AvgIpc) is 3.25. The quantitative estimate of drug-likeness (QED) is 0.293. The summed E-state index contributed by atoms with van der Waals surface area (Å²) in [5.41, 5.74) is 2.21. The summed E-state index contributed by atoms with van der Waals surface area (Å²) in [5.74, 6) is 0.615. The van der Waals surface area contributed by atoms with Crippen molar-refractivity contribution in [3.63, 3.8) is 0 Å². The summed E-state index contributed by atoms with van der Waals surface area (Å²) in [7, 11) is -1.14. The monoisotopic (exact) mass is 586 g/mol. The highest BCUT2D eigenvalue weighted by molar-refractivity contribution is 7.11. The summed E-state index contributed by atoms with van der Waals surface area (Å²) in [4.78, 5) is 5.72. The average molecular weight is 586 g/mol. The van der Waals surface area contributed by atoms with Gasteiger partial charge >= 0.3 is 14.2 Å². The minimum atomic E-state index is -0.701. The van der Waals surface area contributed by atoms with Gasteiger partial charge in [0, 0.05) is 17.5 Å². The lowest BCUT2D eigenvalue weighted by Crippen LogP contribution is -2.41. The van der Waals surface area contributed by atoms with Crippen LogP contribution in [0.2, 0.25) is 0 Å². The van der Waals surface area contributed by atoms with Gasteiger partial charge in [0.25, 0.3) is 0 Å². The van der Waals surface area contributed by atoms with Gasteiger partial charge < -0.3 is 23.4 Å². The van der Waals surface area contributed by atoms with Gasteiger partial charge in [0.15, 0.2) is 0 Å². The van der Waals surface area contributed by atoms with Gasteiger partial charge in [0.05, 0.1) is 50.1 Å². The molecule has 4 aliphatic rings. The van der Waals surface area contributed by atoms with Crippen LogP contribution in [0.15, 0.2) is 42.6 Å². The molecule has 0 N–H and O–H groups in total. The van der Waals surface area contributed by atoms with Crippen molar-refractivity contribution in [2.75, 3.05) is 6.61 Å². The fourth-order valence-corrected chi connectivity index (χ4v) is 7.10. The van der Waals surface area contributed by atoms with Crippen LogP contribution in [0.25, 0.3) is 22.2 Å². The number of fused-ring (bicyclic) bond motifs is 5. The molecule has 4 aromatic rings. The van der Waals surface area contributed by atoms with E-state index in [1.165, 1.54) is 18.9 Å². The minimum Gasteiger partial charge on any atom is -0.464 e. The molecule has 42 heavy (non-hydrogen) atoms. The van der Waals surface area contributed by atoms with E-state index in [-0.39, 0.29) is 11.4 Å². The lowest BCUT2D eigenvalue weighted by molar-refractivity contribution is 0.00578. The molecule has 0 unspecified atom stereocenters. The second kappa shape index (κ2) is 8.92. The number of halogens is 1. The lowest BCUT2D eigenvalue weighted by atomic mass is 9.78. The van der Waals surface area contributed by atoms with Gasteiger partial charge in [-0.25, -0.2) is 9.37 Å². The third-order valence-corrected chi connectivity index (χ3v) is 10.4. The van der Waals surface area contributed by atoms with Gasteiger partial charge in [-0.15, -0.1) is 11.3 Å². The Morgan fingerprint density at radius 2 is 1.69 bits per heavy atom. The van der Waals surface area contributed by atoms with Gasteiger partial charge in [-0.3, -0.25) is 4.57 Å². The molecule has 0 bridgehead atoms. The SMILES string of the molecule is CC1(C)COB(c2ccc3c(c2)cc2n3[C@H](c3cnc(C4CC4)s3)Oc3cc(B4OC(C)(C)C(C)(C)O4)cc(F)c3-2)O1. The number of nitrogens with zero attached hydrogens (tertiary/aromatic N) is 2. The van der Waals surface area contributed by atoms with E-state index in [0.29, 0.717) is 29.3 Å². The van der Waals surface area contributed by atoms with Gasteiger partial charge in [0.1, 0.15) is 11.6 Å². The Kier molecular flexibility index (Phi) is 5.71. The predicted octanol–water partition coefficient (Wildman–Crippen LogP) is 5.54. The number of hydrogen-bond acceptors (Lipinski definition) is 7. The van der Waals surface area contributed by atoms with Crippen molar-refractivity contribution in [3.8, 4) is 17.0 Å². The molecular weight excluding hydrogens is 553 g/mol. The van der Waals surface area contributed by atoms with E-state index in [9.17, 15) is 0 Å². The Hall–Kier alpha value is -2.69. The Balaban J connectivity index is 1.26. The molecule has 8 rings (SSSR count). The largest absolute Gasteiger partial charge is 0.495 e. The van der Waals surface area contributed by atoms with E-state index >= 15 is 4.39 Å². The van der Waals surface area contributed by atoms with Crippen LogP contribution in [0, 0.1) is 5.82 Å². The molecule has 3 fully saturated rings. The molecule has 2 aromatic heterocycles. The Bertz CT molecular complexity index is 1730. The maximum atomic E-state index is 16.2. The van der Waals surface area contributed by atoms with Crippen LogP contribution in [0.1, 0.15) is 76.4 Å². The molecule has 5 heterocycles. The highest BCUT2D eigenvalue weighted by Gasteiger charge is 2.52. The van der Waals surface area contributed by atoms with Crippen LogP contribution >= 0.6 is 11.3 Å². The molecule has 0 spiro atoms. The van der Waals surface area contributed by atoms with E-state index in [2.05, 4.69) is 10.6 Å². The Morgan fingerprint density at radius 3 is 2.38 bits per heavy atom. The third kappa shape index (κ3) is 4.19. The summed E-state index contributed by atoms with van der Waals surface area (Å²) >= 11 is 1.68. The van der Waals surface area contributed by atoms with Gasteiger partial charge in [-0.1, -0.05) is 12.1 Å². The summed E-state index contributed by atoms with van der Waals surface area (Å²) in [5, 5.41) is 2.09. The van der Waals surface area contributed by atoms with Crippen LogP contribution in [-0.2, 0) is 18.6 Å². The molecule has 0 radical (unpaired) electrons. The van der Waals surface area contributed by atoms with Crippen molar-refractivity contribution in [1.29, 1.82) is 0 Å². The molecule has 1 aliphatic carbocycles. The molecule has 3 aliphatic heterocycles. The van der Waals surface area contributed by atoms with Gasteiger partial charge in [-0.05, 0) is 89.6 Å². The molecule has 216 valence electrons. The first kappa shape index (κ1) is 26.9. The predicted molar refractivity (Wildman–Crippen MR) is 162 cm³/mol. The van der Waals surface area contributed by atoms with E-state index in [1.807, 2.05) is 72.0 Å². The standard InChI is InChI=1S/C31H33B2FN2O5S/c1-29(2)16-37-32(39-29)19-9-10-22-18(11-19)12-23-26-21(34)13-20(33-40-30(3,4)31(5,6)41-33)14-24(26)38-28(36(22)23)25-15-35-27(42-25)17-7-8-17/h9-15,17,28H,7-8,16H2,1-6H3/t28-/m0/s1. The Morgan fingerprint density at radius 1 is 0.929 bits per heavy atom. The van der Waals surface area contributed by atoms with E-state index < -0.39 is 31.7 Å². The highest BCUT2D eigenvalue weighted by atomic mass is 32.1. The fraction of sp³-hybridized carbons (Fsp3) is 0.452. The van der Waals surface area contributed by atoms with Crippen molar-refractivity contribution in [3.05, 3.63) is 58.3 Å². The van der Waals surface area contributed by atoms with Crippen molar-refractivity contribution in [2.45, 2.75) is 83.3 Å². The normalized spacial score (nSPS) is 23.7. The van der Waals surface area contributed by atoms with E-state index in [4.69, 9.17) is 28.3 Å². The topological polar surface area (TPSA) is 64.0 Å².